The first-order valence-electron chi connectivity index (χ1n) is 6.32. The van der Waals surface area contributed by atoms with E-state index in [0.717, 1.165) is 23.0 Å². The Hall–Kier alpha value is -0.380. The molecule has 0 radical (unpaired) electrons. The van der Waals surface area contributed by atoms with Crippen molar-refractivity contribution >= 4 is 39.5 Å². The second-order valence-corrected chi connectivity index (χ2v) is 7.55. The minimum Gasteiger partial charge on any atom is -0.152 e. The largest absolute Gasteiger partial charge is 0.152 e. The standard InChI is InChI=1S/C16H15BrS2/c17-16-7-14-5-6-15(16)11-19-9-13-3-1-12(2-4-13)8-18-10-14/h1-7H,8-11H2. The van der Waals surface area contributed by atoms with Gasteiger partial charge in [-0.1, -0.05) is 52.3 Å². The van der Waals surface area contributed by atoms with Crippen LogP contribution < -0.4 is 0 Å². The molecule has 0 nitrogen and oxygen atoms in total. The summed E-state index contributed by atoms with van der Waals surface area (Å²) >= 11 is 7.66. The van der Waals surface area contributed by atoms with Crippen molar-refractivity contribution in [2.45, 2.75) is 23.0 Å². The maximum atomic E-state index is 3.70. The number of rotatable bonds is 0. The van der Waals surface area contributed by atoms with Gasteiger partial charge in [-0.25, -0.2) is 0 Å². The SMILES string of the molecule is Brc1cc2ccc1CSCc1ccc(cc1)CSC2. The molecule has 4 heterocycles. The van der Waals surface area contributed by atoms with Crippen molar-refractivity contribution in [3.05, 3.63) is 69.2 Å². The zero-order valence-electron chi connectivity index (χ0n) is 10.6. The van der Waals surface area contributed by atoms with Crippen molar-refractivity contribution in [3.63, 3.8) is 0 Å². The summed E-state index contributed by atoms with van der Waals surface area (Å²) in [6, 6.07) is 15.9. The maximum Gasteiger partial charge on any atom is 0.0218 e. The molecule has 0 spiro atoms. The normalized spacial score (nSPS) is 15.4. The molecule has 0 saturated carbocycles. The summed E-state index contributed by atoms with van der Waals surface area (Å²) in [5.41, 5.74) is 5.64. The van der Waals surface area contributed by atoms with E-state index in [-0.39, 0.29) is 0 Å². The first-order chi connectivity index (χ1) is 9.31. The Morgan fingerprint density at radius 1 is 0.684 bits per heavy atom. The Morgan fingerprint density at radius 3 is 1.84 bits per heavy atom. The van der Waals surface area contributed by atoms with E-state index in [1.165, 1.54) is 26.7 Å². The van der Waals surface area contributed by atoms with Crippen molar-refractivity contribution in [1.29, 1.82) is 0 Å². The highest BCUT2D eigenvalue weighted by atomic mass is 79.9. The van der Waals surface area contributed by atoms with Crippen LogP contribution in [0.15, 0.2) is 46.9 Å². The summed E-state index contributed by atoms with van der Waals surface area (Å²) in [6.45, 7) is 0. The lowest BCUT2D eigenvalue weighted by Gasteiger charge is -2.10. The first kappa shape index (κ1) is 13.6. The molecule has 0 unspecified atom stereocenters. The summed E-state index contributed by atoms with van der Waals surface area (Å²) in [6.07, 6.45) is 0. The zero-order valence-corrected chi connectivity index (χ0v) is 13.8. The predicted octanol–water partition coefficient (Wildman–Crippen LogP) is 5.63. The minimum absolute atomic E-state index is 1.07. The number of halogens is 1. The van der Waals surface area contributed by atoms with Gasteiger partial charge in [0.15, 0.2) is 0 Å². The van der Waals surface area contributed by atoms with Crippen LogP contribution in [0.25, 0.3) is 0 Å². The van der Waals surface area contributed by atoms with Gasteiger partial charge in [0, 0.05) is 27.5 Å². The Bertz CT molecular complexity index is 563. The second kappa shape index (κ2) is 6.38. The van der Waals surface area contributed by atoms with Gasteiger partial charge < -0.3 is 0 Å². The van der Waals surface area contributed by atoms with Crippen LogP contribution in [-0.4, -0.2) is 0 Å². The molecule has 0 aliphatic carbocycles. The Balaban J connectivity index is 1.86. The molecule has 0 saturated heterocycles. The van der Waals surface area contributed by atoms with Crippen LogP contribution in [-0.2, 0) is 23.0 Å². The van der Waals surface area contributed by atoms with E-state index >= 15 is 0 Å². The fourth-order valence-corrected chi connectivity index (χ4v) is 4.79. The molecule has 98 valence electrons. The van der Waals surface area contributed by atoms with E-state index in [4.69, 9.17) is 0 Å². The summed E-state index contributed by atoms with van der Waals surface area (Å²) in [5, 5.41) is 0. The zero-order chi connectivity index (χ0) is 13.1. The van der Waals surface area contributed by atoms with Crippen LogP contribution in [0, 0.1) is 0 Å². The minimum atomic E-state index is 1.07. The third kappa shape index (κ3) is 3.59. The van der Waals surface area contributed by atoms with E-state index in [1.807, 2.05) is 23.5 Å². The fourth-order valence-electron chi connectivity index (χ4n) is 2.09. The van der Waals surface area contributed by atoms with Crippen molar-refractivity contribution in [2.24, 2.45) is 0 Å². The number of benzene rings is 2. The molecule has 0 amide bonds. The van der Waals surface area contributed by atoms with E-state index in [2.05, 4.69) is 58.4 Å². The molecule has 6 rings (SSSR count). The highest BCUT2D eigenvalue weighted by Gasteiger charge is 2.05. The Morgan fingerprint density at radius 2 is 1.21 bits per heavy atom. The summed E-state index contributed by atoms with van der Waals surface area (Å²) in [5.74, 6) is 4.32. The average Bonchev–Trinajstić information content (AvgIpc) is 2.43. The Kier molecular flexibility index (Phi) is 4.57. The summed E-state index contributed by atoms with van der Waals surface area (Å²) < 4.78 is 1.25. The third-order valence-corrected chi connectivity index (χ3v) is 6.07. The van der Waals surface area contributed by atoms with Gasteiger partial charge in [0.1, 0.15) is 0 Å². The lowest BCUT2D eigenvalue weighted by molar-refractivity contribution is 1.28. The fraction of sp³-hybridized carbons (Fsp3) is 0.250. The van der Waals surface area contributed by atoms with Crippen LogP contribution in [0.1, 0.15) is 22.3 Å². The lowest BCUT2D eigenvalue weighted by Crippen LogP contribution is -1.91. The summed E-state index contributed by atoms with van der Waals surface area (Å²) in [4.78, 5) is 0. The van der Waals surface area contributed by atoms with Crippen molar-refractivity contribution in [3.8, 4) is 0 Å². The molecule has 4 aliphatic rings. The van der Waals surface area contributed by atoms with Crippen LogP contribution in [0.2, 0.25) is 0 Å². The number of hydrogen-bond acceptors (Lipinski definition) is 2. The molecule has 0 aromatic heterocycles. The van der Waals surface area contributed by atoms with Gasteiger partial charge in [-0.3, -0.25) is 0 Å². The maximum absolute atomic E-state index is 3.70. The molecular formula is C16H15BrS2. The van der Waals surface area contributed by atoms with Crippen molar-refractivity contribution in [1.82, 2.24) is 0 Å². The molecule has 4 aliphatic heterocycles. The second-order valence-electron chi connectivity index (χ2n) is 4.73. The van der Waals surface area contributed by atoms with Gasteiger partial charge in [-0.2, -0.15) is 23.5 Å². The van der Waals surface area contributed by atoms with Gasteiger partial charge >= 0.3 is 0 Å². The topological polar surface area (TPSA) is 0 Å². The van der Waals surface area contributed by atoms with Crippen molar-refractivity contribution in [2.75, 3.05) is 0 Å². The summed E-state index contributed by atoms with van der Waals surface area (Å²) in [7, 11) is 0. The molecule has 2 aromatic rings. The quantitative estimate of drug-likeness (QED) is 0.603. The van der Waals surface area contributed by atoms with Crippen LogP contribution in [0.5, 0.6) is 0 Å². The van der Waals surface area contributed by atoms with E-state index in [9.17, 15) is 0 Å². The highest BCUT2D eigenvalue weighted by molar-refractivity contribution is 9.10. The van der Waals surface area contributed by atoms with Gasteiger partial charge in [-0.15, -0.1) is 0 Å². The van der Waals surface area contributed by atoms with E-state index in [0.29, 0.717) is 0 Å². The van der Waals surface area contributed by atoms with Gasteiger partial charge in [0.2, 0.25) is 0 Å². The molecule has 2 aromatic carbocycles. The monoisotopic (exact) mass is 350 g/mol. The molecule has 19 heavy (non-hydrogen) atoms. The number of hydrogen-bond donors (Lipinski definition) is 0. The van der Waals surface area contributed by atoms with E-state index < -0.39 is 0 Å². The van der Waals surface area contributed by atoms with Crippen LogP contribution >= 0.6 is 39.5 Å². The molecule has 0 fully saturated rings. The van der Waals surface area contributed by atoms with Gasteiger partial charge in [-0.05, 0) is 28.3 Å². The first-order valence-corrected chi connectivity index (χ1v) is 9.42. The van der Waals surface area contributed by atoms with E-state index in [1.54, 1.807) is 0 Å². The molecular weight excluding hydrogens is 336 g/mol. The smallest absolute Gasteiger partial charge is 0.0218 e. The third-order valence-electron chi connectivity index (χ3n) is 3.20. The van der Waals surface area contributed by atoms with Crippen molar-refractivity contribution < 1.29 is 0 Å². The van der Waals surface area contributed by atoms with Gasteiger partial charge in [0.05, 0.1) is 0 Å². The molecule has 0 atom stereocenters. The lowest BCUT2D eigenvalue weighted by atomic mass is 10.2. The highest BCUT2D eigenvalue weighted by Crippen LogP contribution is 2.28. The predicted molar refractivity (Wildman–Crippen MR) is 90.6 cm³/mol. The average molecular weight is 351 g/mol. The van der Waals surface area contributed by atoms with Crippen LogP contribution in [0.3, 0.4) is 0 Å². The molecule has 0 N–H and O–H groups in total. The number of thioether (sulfide) groups is 2. The van der Waals surface area contributed by atoms with Gasteiger partial charge in [0.25, 0.3) is 0 Å². The van der Waals surface area contributed by atoms with Crippen LogP contribution in [0.4, 0.5) is 0 Å². The Labute approximate surface area is 131 Å². The molecule has 4 bridgehead atoms. The molecule has 3 heteroatoms.